The van der Waals surface area contributed by atoms with E-state index < -0.39 is 18.0 Å². The highest BCUT2D eigenvalue weighted by Crippen LogP contribution is 2.23. The van der Waals surface area contributed by atoms with E-state index in [2.05, 4.69) is 10.3 Å². The van der Waals surface area contributed by atoms with Crippen molar-refractivity contribution in [3.63, 3.8) is 0 Å². The zero-order valence-electron chi connectivity index (χ0n) is 14.6. The summed E-state index contributed by atoms with van der Waals surface area (Å²) in [5.41, 5.74) is 2.34. The Morgan fingerprint density at radius 3 is 2.37 bits per heavy atom. The molecule has 0 aliphatic heterocycles. The van der Waals surface area contributed by atoms with Crippen molar-refractivity contribution in [2.24, 2.45) is 0 Å². The van der Waals surface area contributed by atoms with Crippen molar-refractivity contribution < 1.29 is 14.3 Å². The number of pyridine rings is 1. The van der Waals surface area contributed by atoms with E-state index in [1.165, 1.54) is 12.3 Å². The number of esters is 1. The fraction of sp³-hybridized carbons (Fsp3) is 0.0952. The number of rotatable bonds is 5. The Hall–Kier alpha value is -3.18. The normalized spacial score (nSPS) is 11.5. The molecule has 0 aliphatic carbocycles. The van der Waals surface area contributed by atoms with Crippen LogP contribution in [-0.2, 0) is 9.53 Å². The van der Waals surface area contributed by atoms with Crippen LogP contribution in [0.5, 0.6) is 0 Å². The Bertz CT molecular complexity index is 943. The number of ether oxygens (including phenoxy) is 1. The second kappa shape index (κ2) is 8.47. The van der Waals surface area contributed by atoms with E-state index in [0.29, 0.717) is 11.3 Å². The number of aromatic nitrogens is 1. The minimum Gasteiger partial charge on any atom is -0.444 e. The number of carbonyl (C=O) groups excluding carboxylic acids is 2. The first-order valence-electron chi connectivity index (χ1n) is 8.28. The predicted molar refractivity (Wildman–Crippen MR) is 104 cm³/mol. The van der Waals surface area contributed by atoms with Crippen LogP contribution >= 0.6 is 11.6 Å². The summed E-state index contributed by atoms with van der Waals surface area (Å²) in [6, 6.07) is 19.2. The lowest BCUT2D eigenvalue weighted by atomic mass is 10.1. The van der Waals surface area contributed by atoms with Crippen molar-refractivity contribution >= 4 is 29.2 Å². The molecule has 1 N–H and O–H groups in total. The van der Waals surface area contributed by atoms with Crippen molar-refractivity contribution in [2.75, 3.05) is 5.32 Å². The molecular weight excluding hydrogens is 364 g/mol. The second-order valence-electron chi connectivity index (χ2n) is 5.89. The molecule has 0 fully saturated rings. The van der Waals surface area contributed by atoms with Crippen LogP contribution in [0, 0.1) is 6.92 Å². The lowest BCUT2D eigenvalue weighted by Gasteiger charge is -2.18. The van der Waals surface area contributed by atoms with Crippen molar-refractivity contribution in [3.8, 4) is 0 Å². The quantitative estimate of drug-likeness (QED) is 0.519. The molecule has 3 rings (SSSR count). The smallest absolute Gasteiger partial charge is 0.342 e. The van der Waals surface area contributed by atoms with Gasteiger partial charge in [0.1, 0.15) is 5.15 Å². The number of amides is 1. The van der Waals surface area contributed by atoms with Crippen molar-refractivity contribution in [1.29, 1.82) is 0 Å². The molecular formula is C21H17ClN2O3. The minimum atomic E-state index is -1.13. The van der Waals surface area contributed by atoms with Crippen molar-refractivity contribution in [2.45, 2.75) is 13.0 Å². The third-order valence-electron chi connectivity index (χ3n) is 3.86. The Balaban J connectivity index is 1.85. The minimum absolute atomic E-state index is 0.0215. The summed E-state index contributed by atoms with van der Waals surface area (Å²) in [5.74, 6) is -1.18. The van der Waals surface area contributed by atoms with Crippen LogP contribution in [0.4, 0.5) is 5.69 Å². The molecule has 1 aromatic heterocycles. The summed E-state index contributed by atoms with van der Waals surface area (Å²) in [4.78, 5) is 29.2. The van der Waals surface area contributed by atoms with Gasteiger partial charge in [-0.15, -0.1) is 0 Å². The average Bonchev–Trinajstić information content (AvgIpc) is 2.68. The molecule has 136 valence electrons. The SMILES string of the molecule is Cc1ccc(NC(=O)C(OC(=O)c2cccnc2Cl)c2ccccc2)cc1. The molecule has 1 unspecified atom stereocenters. The molecule has 0 bridgehead atoms. The summed E-state index contributed by atoms with van der Waals surface area (Å²) < 4.78 is 5.49. The van der Waals surface area contributed by atoms with Gasteiger partial charge < -0.3 is 10.1 Å². The molecule has 0 spiro atoms. The third-order valence-corrected chi connectivity index (χ3v) is 4.16. The number of anilines is 1. The molecule has 0 saturated heterocycles. The van der Waals surface area contributed by atoms with Gasteiger partial charge in [0.2, 0.25) is 6.10 Å². The Labute approximate surface area is 162 Å². The average molecular weight is 381 g/mol. The fourth-order valence-corrected chi connectivity index (χ4v) is 2.65. The molecule has 2 aromatic carbocycles. The summed E-state index contributed by atoms with van der Waals surface area (Å²) in [6.07, 6.45) is 0.342. The Morgan fingerprint density at radius 1 is 1.00 bits per heavy atom. The summed E-state index contributed by atoms with van der Waals surface area (Å²) in [6.45, 7) is 1.96. The summed E-state index contributed by atoms with van der Waals surface area (Å²) >= 11 is 5.96. The van der Waals surface area contributed by atoms with E-state index in [-0.39, 0.29) is 10.7 Å². The van der Waals surface area contributed by atoms with Crippen LogP contribution in [0.1, 0.15) is 27.6 Å². The van der Waals surface area contributed by atoms with Gasteiger partial charge in [-0.2, -0.15) is 0 Å². The van der Waals surface area contributed by atoms with E-state index in [9.17, 15) is 9.59 Å². The summed E-state index contributed by atoms with van der Waals surface area (Å²) in [7, 11) is 0. The van der Waals surface area contributed by atoms with Gasteiger partial charge >= 0.3 is 5.97 Å². The standard InChI is InChI=1S/C21H17ClN2O3/c1-14-9-11-16(12-10-14)24-20(25)18(15-6-3-2-4-7-15)27-21(26)17-8-5-13-23-19(17)22/h2-13,18H,1H3,(H,24,25). The molecule has 0 saturated carbocycles. The molecule has 5 nitrogen and oxygen atoms in total. The maximum Gasteiger partial charge on any atom is 0.342 e. The van der Waals surface area contributed by atoms with Gasteiger partial charge in [0.05, 0.1) is 5.56 Å². The van der Waals surface area contributed by atoms with Gasteiger partial charge in [-0.05, 0) is 31.2 Å². The van der Waals surface area contributed by atoms with E-state index in [0.717, 1.165) is 5.56 Å². The zero-order valence-corrected chi connectivity index (χ0v) is 15.3. The maximum atomic E-state index is 12.8. The lowest BCUT2D eigenvalue weighted by molar-refractivity contribution is -0.125. The Morgan fingerprint density at radius 2 is 1.70 bits per heavy atom. The molecule has 6 heteroatoms. The number of benzene rings is 2. The summed E-state index contributed by atoms with van der Waals surface area (Å²) in [5, 5.41) is 2.80. The molecule has 1 heterocycles. The largest absolute Gasteiger partial charge is 0.444 e. The van der Waals surface area contributed by atoms with Gasteiger partial charge in [-0.3, -0.25) is 4.79 Å². The van der Waals surface area contributed by atoms with Gasteiger partial charge in [0.25, 0.3) is 5.91 Å². The molecule has 1 amide bonds. The maximum absolute atomic E-state index is 12.8. The van der Waals surface area contributed by atoms with Crippen LogP contribution in [0.2, 0.25) is 5.15 Å². The molecule has 1 atom stereocenters. The van der Waals surface area contributed by atoms with Gasteiger partial charge in [-0.25, -0.2) is 9.78 Å². The van der Waals surface area contributed by atoms with Crippen molar-refractivity contribution in [3.05, 3.63) is 94.8 Å². The van der Waals surface area contributed by atoms with Crippen LogP contribution in [-0.4, -0.2) is 16.9 Å². The van der Waals surface area contributed by atoms with E-state index in [1.54, 1.807) is 42.5 Å². The number of halogens is 1. The first-order chi connectivity index (χ1) is 13.0. The van der Waals surface area contributed by atoms with Crippen LogP contribution < -0.4 is 5.32 Å². The third kappa shape index (κ3) is 4.71. The highest BCUT2D eigenvalue weighted by Gasteiger charge is 2.26. The number of aryl methyl sites for hydroxylation is 1. The number of nitrogens with zero attached hydrogens (tertiary/aromatic N) is 1. The topological polar surface area (TPSA) is 68.3 Å². The van der Waals surface area contributed by atoms with Gasteiger partial charge in [0.15, 0.2) is 0 Å². The van der Waals surface area contributed by atoms with Crippen LogP contribution in [0.25, 0.3) is 0 Å². The first-order valence-corrected chi connectivity index (χ1v) is 8.66. The van der Waals surface area contributed by atoms with Crippen LogP contribution in [0.15, 0.2) is 72.9 Å². The zero-order chi connectivity index (χ0) is 19.2. The molecule has 0 radical (unpaired) electrons. The van der Waals surface area contributed by atoms with E-state index in [1.807, 2.05) is 25.1 Å². The molecule has 0 aliphatic rings. The van der Waals surface area contributed by atoms with Gasteiger partial charge in [-0.1, -0.05) is 59.6 Å². The van der Waals surface area contributed by atoms with Gasteiger partial charge in [0, 0.05) is 17.4 Å². The number of carbonyl (C=O) groups is 2. The van der Waals surface area contributed by atoms with Crippen LogP contribution in [0.3, 0.4) is 0 Å². The number of nitrogens with one attached hydrogen (secondary N) is 1. The Kier molecular flexibility index (Phi) is 5.84. The highest BCUT2D eigenvalue weighted by atomic mass is 35.5. The predicted octanol–water partition coefficient (Wildman–Crippen LogP) is 4.58. The number of hydrogen-bond acceptors (Lipinski definition) is 4. The highest BCUT2D eigenvalue weighted by molar-refractivity contribution is 6.32. The molecule has 27 heavy (non-hydrogen) atoms. The molecule has 3 aromatic rings. The van der Waals surface area contributed by atoms with Crippen molar-refractivity contribution in [1.82, 2.24) is 4.98 Å². The second-order valence-corrected chi connectivity index (χ2v) is 6.25. The first kappa shape index (κ1) is 18.6. The number of hydrogen-bond donors (Lipinski definition) is 1. The van der Waals surface area contributed by atoms with E-state index in [4.69, 9.17) is 16.3 Å². The van der Waals surface area contributed by atoms with E-state index >= 15 is 0 Å². The lowest BCUT2D eigenvalue weighted by Crippen LogP contribution is -2.26. The monoisotopic (exact) mass is 380 g/mol. The fourth-order valence-electron chi connectivity index (χ4n) is 2.45.